The van der Waals surface area contributed by atoms with E-state index in [0.29, 0.717) is 6.10 Å². The Kier molecular flexibility index (Phi) is 4.79. The van der Waals surface area contributed by atoms with Gasteiger partial charge in [-0.3, -0.25) is 0 Å². The molecule has 1 aliphatic rings. The monoisotopic (exact) mass is 247 g/mol. The molecule has 0 bridgehead atoms. The maximum atomic E-state index is 6.39. The fourth-order valence-corrected chi connectivity index (χ4v) is 2.77. The summed E-state index contributed by atoms with van der Waals surface area (Å²) < 4.78 is 5.70. The van der Waals surface area contributed by atoms with Crippen molar-refractivity contribution < 1.29 is 4.74 Å². The maximum Gasteiger partial charge on any atom is 0.0594 e. The summed E-state index contributed by atoms with van der Waals surface area (Å²) >= 11 is 0. The van der Waals surface area contributed by atoms with Gasteiger partial charge in [-0.1, -0.05) is 32.0 Å². The summed E-state index contributed by atoms with van der Waals surface area (Å²) in [5.41, 5.74) is 10.5. The maximum absolute atomic E-state index is 6.39. The third-order valence-corrected chi connectivity index (χ3v) is 3.94. The smallest absolute Gasteiger partial charge is 0.0594 e. The number of nitrogens with two attached hydrogens (primary N) is 1. The van der Waals surface area contributed by atoms with E-state index in [9.17, 15) is 0 Å². The first kappa shape index (κ1) is 13.6. The van der Waals surface area contributed by atoms with Gasteiger partial charge in [0.1, 0.15) is 0 Å². The number of rotatable bonds is 5. The average molecular weight is 247 g/mol. The highest BCUT2D eigenvalue weighted by atomic mass is 16.5. The van der Waals surface area contributed by atoms with Crippen molar-refractivity contribution in [2.45, 2.75) is 58.1 Å². The molecule has 0 radical (unpaired) electrons. The fourth-order valence-electron chi connectivity index (χ4n) is 2.77. The van der Waals surface area contributed by atoms with Gasteiger partial charge in [0.05, 0.1) is 6.10 Å². The number of hydrogen-bond acceptors (Lipinski definition) is 2. The van der Waals surface area contributed by atoms with E-state index in [0.717, 1.165) is 25.9 Å². The Labute approximate surface area is 111 Å². The van der Waals surface area contributed by atoms with Crippen LogP contribution in [-0.4, -0.2) is 12.7 Å². The summed E-state index contributed by atoms with van der Waals surface area (Å²) in [4.78, 5) is 0. The highest BCUT2D eigenvalue weighted by Crippen LogP contribution is 2.26. The van der Waals surface area contributed by atoms with Crippen molar-refractivity contribution in [3.8, 4) is 0 Å². The molecule has 2 atom stereocenters. The van der Waals surface area contributed by atoms with E-state index in [4.69, 9.17) is 10.5 Å². The zero-order valence-electron chi connectivity index (χ0n) is 11.6. The minimum atomic E-state index is 0.120. The minimum Gasteiger partial charge on any atom is -0.378 e. The van der Waals surface area contributed by atoms with Crippen LogP contribution >= 0.6 is 0 Å². The molecule has 1 aliphatic heterocycles. The second kappa shape index (κ2) is 6.35. The van der Waals surface area contributed by atoms with Crippen LogP contribution in [0.5, 0.6) is 0 Å². The Hall–Kier alpha value is -0.860. The van der Waals surface area contributed by atoms with Crippen LogP contribution in [0.2, 0.25) is 0 Å². The first-order chi connectivity index (χ1) is 8.74. The highest BCUT2D eigenvalue weighted by molar-refractivity contribution is 5.34. The van der Waals surface area contributed by atoms with Crippen molar-refractivity contribution in [2.75, 3.05) is 6.61 Å². The zero-order chi connectivity index (χ0) is 13.0. The molecule has 2 N–H and O–H groups in total. The number of hydrogen-bond donors (Lipinski definition) is 1. The van der Waals surface area contributed by atoms with Crippen molar-refractivity contribution in [2.24, 2.45) is 5.73 Å². The molecule has 0 aliphatic carbocycles. The van der Waals surface area contributed by atoms with Gasteiger partial charge in [0.15, 0.2) is 0 Å². The van der Waals surface area contributed by atoms with E-state index in [-0.39, 0.29) is 6.04 Å². The first-order valence-electron chi connectivity index (χ1n) is 7.23. The van der Waals surface area contributed by atoms with Crippen LogP contribution in [0.1, 0.15) is 55.8 Å². The lowest BCUT2D eigenvalue weighted by Crippen LogP contribution is -2.19. The molecule has 1 heterocycles. The summed E-state index contributed by atoms with van der Waals surface area (Å²) in [7, 11) is 0. The first-order valence-corrected chi connectivity index (χ1v) is 7.23. The largest absolute Gasteiger partial charge is 0.378 e. The molecular weight excluding hydrogens is 222 g/mol. The van der Waals surface area contributed by atoms with Gasteiger partial charge in [-0.15, -0.1) is 0 Å². The fraction of sp³-hybridized carbons (Fsp3) is 0.625. The molecule has 1 aromatic rings. The number of aryl methyl sites for hydroxylation is 2. The van der Waals surface area contributed by atoms with Crippen LogP contribution in [0.4, 0.5) is 0 Å². The Balaban J connectivity index is 2.13. The Bertz CT molecular complexity index is 383. The SMILES string of the molecule is CCc1ccc(CC)c(C(N)CC2CCCO2)c1. The van der Waals surface area contributed by atoms with Crippen LogP contribution < -0.4 is 5.73 Å². The van der Waals surface area contributed by atoms with Gasteiger partial charge in [-0.05, 0) is 48.8 Å². The molecular formula is C16H25NO. The average Bonchev–Trinajstić information content (AvgIpc) is 2.90. The second-order valence-corrected chi connectivity index (χ2v) is 5.22. The zero-order valence-corrected chi connectivity index (χ0v) is 11.6. The molecule has 0 aromatic heterocycles. The van der Waals surface area contributed by atoms with Crippen molar-refractivity contribution in [3.05, 3.63) is 34.9 Å². The van der Waals surface area contributed by atoms with Crippen LogP contribution in [0.25, 0.3) is 0 Å². The number of benzene rings is 1. The molecule has 2 heteroatoms. The van der Waals surface area contributed by atoms with Crippen LogP contribution in [0.3, 0.4) is 0 Å². The third-order valence-electron chi connectivity index (χ3n) is 3.94. The molecule has 2 unspecified atom stereocenters. The summed E-state index contributed by atoms with van der Waals surface area (Å²) in [5.74, 6) is 0. The van der Waals surface area contributed by atoms with Crippen LogP contribution in [0, 0.1) is 0 Å². The molecule has 2 nitrogen and oxygen atoms in total. The normalized spacial score (nSPS) is 21.2. The molecule has 100 valence electrons. The standard InChI is InChI=1S/C16H25NO/c1-3-12-7-8-13(4-2)15(10-12)16(17)11-14-6-5-9-18-14/h7-8,10,14,16H,3-6,9,11,17H2,1-2H3. The van der Waals surface area contributed by atoms with Crippen molar-refractivity contribution in [1.29, 1.82) is 0 Å². The Morgan fingerprint density at radius 2 is 2.17 bits per heavy atom. The summed E-state index contributed by atoms with van der Waals surface area (Å²) in [5, 5.41) is 0. The van der Waals surface area contributed by atoms with Crippen molar-refractivity contribution in [3.63, 3.8) is 0 Å². The molecule has 18 heavy (non-hydrogen) atoms. The van der Waals surface area contributed by atoms with Gasteiger partial charge >= 0.3 is 0 Å². The predicted octanol–water partition coefficient (Wildman–Crippen LogP) is 3.38. The van der Waals surface area contributed by atoms with Gasteiger partial charge in [0.2, 0.25) is 0 Å². The molecule has 1 aromatic carbocycles. The van der Waals surface area contributed by atoms with Gasteiger partial charge in [0, 0.05) is 12.6 Å². The third kappa shape index (κ3) is 3.12. The topological polar surface area (TPSA) is 35.2 Å². The van der Waals surface area contributed by atoms with E-state index >= 15 is 0 Å². The van der Waals surface area contributed by atoms with Crippen LogP contribution in [-0.2, 0) is 17.6 Å². The molecule has 0 amide bonds. The van der Waals surface area contributed by atoms with E-state index in [2.05, 4.69) is 32.0 Å². The van der Waals surface area contributed by atoms with E-state index < -0.39 is 0 Å². The second-order valence-electron chi connectivity index (χ2n) is 5.22. The molecule has 0 spiro atoms. The lowest BCUT2D eigenvalue weighted by molar-refractivity contribution is 0.0982. The van der Waals surface area contributed by atoms with E-state index in [1.54, 1.807) is 0 Å². The van der Waals surface area contributed by atoms with Gasteiger partial charge in [0.25, 0.3) is 0 Å². The van der Waals surface area contributed by atoms with E-state index in [1.807, 2.05) is 0 Å². The molecule has 2 rings (SSSR count). The Morgan fingerprint density at radius 3 is 2.78 bits per heavy atom. The van der Waals surface area contributed by atoms with Gasteiger partial charge < -0.3 is 10.5 Å². The summed E-state index contributed by atoms with van der Waals surface area (Å²) in [6.45, 7) is 5.30. The summed E-state index contributed by atoms with van der Waals surface area (Å²) in [6, 6.07) is 6.87. The van der Waals surface area contributed by atoms with Crippen molar-refractivity contribution in [1.82, 2.24) is 0 Å². The molecule has 1 saturated heterocycles. The quantitative estimate of drug-likeness (QED) is 0.865. The minimum absolute atomic E-state index is 0.120. The Morgan fingerprint density at radius 1 is 1.33 bits per heavy atom. The van der Waals surface area contributed by atoms with E-state index in [1.165, 1.54) is 29.5 Å². The van der Waals surface area contributed by atoms with Gasteiger partial charge in [-0.2, -0.15) is 0 Å². The lowest BCUT2D eigenvalue weighted by Gasteiger charge is -2.20. The highest BCUT2D eigenvalue weighted by Gasteiger charge is 2.20. The molecule has 1 fully saturated rings. The summed E-state index contributed by atoms with van der Waals surface area (Å²) in [6.07, 6.45) is 5.81. The van der Waals surface area contributed by atoms with Gasteiger partial charge in [-0.25, -0.2) is 0 Å². The molecule has 0 saturated carbocycles. The predicted molar refractivity (Wildman–Crippen MR) is 75.7 cm³/mol. The lowest BCUT2D eigenvalue weighted by atomic mass is 9.92. The van der Waals surface area contributed by atoms with Crippen LogP contribution in [0.15, 0.2) is 18.2 Å². The number of ether oxygens (including phenoxy) is 1. The van der Waals surface area contributed by atoms with Crippen molar-refractivity contribution >= 4 is 0 Å².